The Kier molecular flexibility index (Phi) is 3.34. The standard InChI is InChI=1S/C10H8BrIOS/c1-13-8-4-6(5-11)9(12)7-2-3-14-10(7)8/h2-4H,5H2,1H3. The Hall–Kier alpha value is 0.190. The van der Waals surface area contributed by atoms with Crippen LogP contribution in [0, 0.1) is 3.57 Å². The average molecular weight is 383 g/mol. The summed E-state index contributed by atoms with van der Waals surface area (Å²) in [6, 6.07) is 4.26. The average Bonchev–Trinajstić information content (AvgIpc) is 2.68. The molecule has 0 amide bonds. The van der Waals surface area contributed by atoms with E-state index in [1.807, 2.05) is 0 Å². The van der Waals surface area contributed by atoms with Crippen molar-refractivity contribution in [1.82, 2.24) is 0 Å². The maximum atomic E-state index is 5.37. The first-order valence-corrected chi connectivity index (χ1v) is 7.14. The topological polar surface area (TPSA) is 9.23 Å². The zero-order valence-electron chi connectivity index (χ0n) is 7.51. The van der Waals surface area contributed by atoms with E-state index in [4.69, 9.17) is 4.74 Å². The van der Waals surface area contributed by atoms with Crippen molar-refractivity contribution in [3.05, 3.63) is 26.6 Å². The zero-order valence-corrected chi connectivity index (χ0v) is 12.1. The van der Waals surface area contributed by atoms with Gasteiger partial charge in [0.25, 0.3) is 0 Å². The third kappa shape index (κ3) is 1.67. The van der Waals surface area contributed by atoms with Crippen LogP contribution in [-0.4, -0.2) is 7.11 Å². The minimum absolute atomic E-state index is 0.868. The van der Waals surface area contributed by atoms with Gasteiger partial charge in [-0.15, -0.1) is 11.3 Å². The summed E-state index contributed by atoms with van der Waals surface area (Å²) in [6.07, 6.45) is 0. The highest BCUT2D eigenvalue weighted by Crippen LogP contribution is 2.36. The van der Waals surface area contributed by atoms with Gasteiger partial charge in [-0.2, -0.15) is 0 Å². The molecule has 0 aliphatic rings. The van der Waals surface area contributed by atoms with Gasteiger partial charge in [0, 0.05) is 14.3 Å². The van der Waals surface area contributed by atoms with E-state index in [0.29, 0.717) is 0 Å². The second-order valence-electron chi connectivity index (χ2n) is 2.85. The molecule has 1 aromatic heterocycles. The molecule has 1 heterocycles. The quantitative estimate of drug-likeness (QED) is 0.552. The van der Waals surface area contributed by atoms with Gasteiger partial charge in [-0.05, 0) is 45.7 Å². The molecule has 1 nitrogen and oxygen atoms in total. The molecule has 0 unspecified atom stereocenters. The first kappa shape index (κ1) is 10.7. The summed E-state index contributed by atoms with van der Waals surface area (Å²) in [5.41, 5.74) is 1.29. The van der Waals surface area contributed by atoms with Gasteiger partial charge in [0.05, 0.1) is 11.8 Å². The monoisotopic (exact) mass is 382 g/mol. The third-order valence-electron chi connectivity index (χ3n) is 2.08. The Morgan fingerprint density at radius 3 is 3.00 bits per heavy atom. The zero-order chi connectivity index (χ0) is 10.1. The molecule has 0 aliphatic carbocycles. The number of methoxy groups -OCH3 is 1. The Balaban J connectivity index is 2.80. The lowest BCUT2D eigenvalue weighted by molar-refractivity contribution is 0.420. The van der Waals surface area contributed by atoms with Crippen molar-refractivity contribution in [2.75, 3.05) is 7.11 Å². The van der Waals surface area contributed by atoms with Gasteiger partial charge in [-0.1, -0.05) is 15.9 Å². The lowest BCUT2D eigenvalue weighted by Crippen LogP contribution is -1.89. The predicted molar refractivity (Wildman–Crippen MR) is 73.7 cm³/mol. The first-order chi connectivity index (χ1) is 6.77. The largest absolute Gasteiger partial charge is 0.495 e. The minimum Gasteiger partial charge on any atom is -0.495 e. The summed E-state index contributed by atoms with van der Waals surface area (Å²) in [4.78, 5) is 0. The molecule has 2 aromatic rings. The molecule has 14 heavy (non-hydrogen) atoms. The van der Waals surface area contributed by atoms with E-state index >= 15 is 0 Å². The van der Waals surface area contributed by atoms with Gasteiger partial charge in [-0.3, -0.25) is 0 Å². The fourth-order valence-electron chi connectivity index (χ4n) is 1.38. The molecule has 0 bridgehead atoms. The Morgan fingerprint density at radius 2 is 2.36 bits per heavy atom. The van der Waals surface area contributed by atoms with Gasteiger partial charge in [-0.25, -0.2) is 0 Å². The van der Waals surface area contributed by atoms with Crippen LogP contribution in [0.4, 0.5) is 0 Å². The van der Waals surface area contributed by atoms with Crippen LogP contribution in [-0.2, 0) is 5.33 Å². The number of thiophene rings is 1. The van der Waals surface area contributed by atoms with E-state index in [1.54, 1.807) is 18.4 Å². The number of hydrogen-bond donors (Lipinski definition) is 0. The molecule has 0 radical (unpaired) electrons. The van der Waals surface area contributed by atoms with Gasteiger partial charge in [0.15, 0.2) is 0 Å². The van der Waals surface area contributed by atoms with E-state index in [2.05, 4.69) is 56.0 Å². The van der Waals surface area contributed by atoms with Gasteiger partial charge in [0.1, 0.15) is 5.75 Å². The summed E-state index contributed by atoms with van der Waals surface area (Å²) < 4.78 is 7.92. The molecule has 0 spiro atoms. The number of benzene rings is 1. The van der Waals surface area contributed by atoms with Crippen molar-refractivity contribution < 1.29 is 4.74 Å². The Morgan fingerprint density at radius 1 is 1.57 bits per heavy atom. The number of halogens is 2. The lowest BCUT2D eigenvalue weighted by atomic mass is 10.2. The Bertz CT molecular complexity index is 466. The van der Waals surface area contributed by atoms with Crippen LogP contribution < -0.4 is 4.74 Å². The number of fused-ring (bicyclic) bond motifs is 1. The second-order valence-corrected chi connectivity index (χ2v) is 5.40. The highest BCUT2D eigenvalue weighted by Gasteiger charge is 2.10. The van der Waals surface area contributed by atoms with Crippen molar-refractivity contribution in [3.8, 4) is 5.75 Å². The summed E-state index contributed by atoms with van der Waals surface area (Å²) in [5, 5.41) is 4.27. The van der Waals surface area contributed by atoms with Gasteiger partial charge >= 0.3 is 0 Å². The predicted octanol–water partition coefficient (Wildman–Crippen LogP) is 4.41. The maximum Gasteiger partial charge on any atom is 0.137 e. The van der Waals surface area contributed by atoms with Crippen molar-refractivity contribution in [3.63, 3.8) is 0 Å². The summed E-state index contributed by atoms with van der Waals surface area (Å²) in [5.74, 6) is 0.977. The molecule has 0 N–H and O–H groups in total. The molecule has 1 aromatic carbocycles. The van der Waals surface area contributed by atoms with Gasteiger partial charge < -0.3 is 4.74 Å². The third-order valence-corrected chi connectivity index (χ3v) is 4.88. The second kappa shape index (κ2) is 4.37. The van der Waals surface area contributed by atoms with Crippen LogP contribution in [0.1, 0.15) is 5.56 Å². The SMILES string of the molecule is COc1cc(CBr)c(I)c2ccsc12. The van der Waals surface area contributed by atoms with Crippen LogP contribution in [0.15, 0.2) is 17.5 Å². The fourth-order valence-corrected chi connectivity index (χ4v) is 4.22. The van der Waals surface area contributed by atoms with Crippen molar-refractivity contribution in [2.24, 2.45) is 0 Å². The van der Waals surface area contributed by atoms with E-state index in [-0.39, 0.29) is 0 Å². The normalized spacial score (nSPS) is 10.8. The summed E-state index contributed by atoms with van der Waals surface area (Å²) in [6.45, 7) is 0. The van der Waals surface area contributed by atoms with Crippen molar-refractivity contribution in [2.45, 2.75) is 5.33 Å². The van der Waals surface area contributed by atoms with Crippen molar-refractivity contribution in [1.29, 1.82) is 0 Å². The van der Waals surface area contributed by atoms with Crippen LogP contribution in [0.3, 0.4) is 0 Å². The van der Waals surface area contributed by atoms with Crippen LogP contribution >= 0.6 is 49.9 Å². The molecular weight excluding hydrogens is 375 g/mol. The number of rotatable bonds is 2. The maximum absolute atomic E-state index is 5.37. The molecule has 0 saturated heterocycles. The minimum atomic E-state index is 0.868. The van der Waals surface area contributed by atoms with Crippen LogP contribution in [0.5, 0.6) is 5.75 Å². The number of alkyl halides is 1. The van der Waals surface area contributed by atoms with Gasteiger partial charge in [0.2, 0.25) is 0 Å². The lowest BCUT2D eigenvalue weighted by Gasteiger charge is -2.07. The number of hydrogen-bond acceptors (Lipinski definition) is 2. The fraction of sp³-hybridized carbons (Fsp3) is 0.200. The molecule has 0 atom stereocenters. The Labute approximate surface area is 109 Å². The van der Waals surface area contributed by atoms with Crippen LogP contribution in [0.25, 0.3) is 10.1 Å². The highest BCUT2D eigenvalue weighted by molar-refractivity contribution is 14.1. The highest BCUT2D eigenvalue weighted by atomic mass is 127. The van der Waals surface area contributed by atoms with Crippen molar-refractivity contribution >= 4 is 59.9 Å². The molecule has 4 heteroatoms. The van der Waals surface area contributed by atoms with E-state index in [9.17, 15) is 0 Å². The van der Waals surface area contributed by atoms with Crippen LogP contribution in [0.2, 0.25) is 0 Å². The van der Waals surface area contributed by atoms with E-state index in [1.165, 1.54) is 19.2 Å². The molecule has 0 fully saturated rings. The molecular formula is C10H8BrIOS. The summed E-state index contributed by atoms with van der Waals surface area (Å²) >= 11 is 7.60. The number of ether oxygens (including phenoxy) is 1. The summed E-state index contributed by atoms with van der Waals surface area (Å²) in [7, 11) is 1.72. The molecule has 0 saturated carbocycles. The smallest absolute Gasteiger partial charge is 0.137 e. The molecule has 0 aliphatic heterocycles. The molecule has 2 rings (SSSR count). The first-order valence-electron chi connectivity index (χ1n) is 4.06. The van der Waals surface area contributed by atoms with E-state index < -0.39 is 0 Å². The molecule has 74 valence electrons. The van der Waals surface area contributed by atoms with E-state index in [0.717, 1.165) is 11.1 Å².